The van der Waals surface area contributed by atoms with Gasteiger partial charge in [0.05, 0.1) is 0 Å². The smallest absolute Gasteiger partial charge is 0.407 e. The van der Waals surface area contributed by atoms with E-state index < -0.39 is 23.6 Å². The van der Waals surface area contributed by atoms with Crippen LogP contribution in [0.1, 0.15) is 68.9 Å². The zero-order chi connectivity index (χ0) is 24.1. The molecule has 1 fully saturated rings. The molecule has 2 amide bonds. The highest BCUT2D eigenvalue weighted by Gasteiger charge is 2.35. The van der Waals surface area contributed by atoms with Gasteiger partial charge in [-0.25, -0.2) is 4.79 Å². The number of ether oxygens (including phenoxy) is 1. The van der Waals surface area contributed by atoms with Crippen molar-refractivity contribution in [2.75, 3.05) is 6.61 Å². The van der Waals surface area contributed by atoms with Crippen LogP contribution in [-0.4, -0.2) is 41.3 Å². The number of carbonyl (C=O) groups excluding carboxylic acids is 2. The quantitative estimate of drug-likeness (QED) is 0.530. The number of amides is 2. The lowest BCUT2D eigenvalue weighted by Gasteiger charge is -2.38. The van der Waals surface area contributed by atoms with Gasteiger partial charge >= 0.3 is 12.1 Å². The molecule has 2 aliphatic carbocycles. The minimum absolute atomic E-state index is 0.00840. The molecule has 0 unspecified atom stereocenters. The second kappa shape index (κ2) is 10.3. The summed E-state index contributed by atoms with van der Waals surface area (Å²) in [5.74, 6) is -1.24. The fraction of sp³-hybridized carbons (Fsp3) is 0.444. The van der Waals surface area contributed by atoms with E-state index >= 15 is 0 Å². The average Bonchev–Trinajstić information content (AvgIpc) is 3.16. The molecular formula is C27H32N2O5. The van der Waals surface area contributed by atoms with Crippen molar-refractivity contribution in [1.82, 2.24) is 10.6 Å². The Kier molecular flexibility index (Phi) is 7.20. The standard InChI is InChI=1S/C27H32N2O5/c1-18(25(32)29-27(16-13-24(30)31)14-7-2-8-15-27)28-26(33)34-17-23-21-11-5-3-9-19(21)20-10-4-6-12-22(20)23/h3-6,9-12,18,23H,2,7-8,13-17H2,1H3,(H,28,33)(H,29,32)(H,30,31)/t18-/m1/s1. The number of nitrogens with one attached hydrogen (secondary N) is 2. The minimum Gasteiger partial charge on any atom is -0.481 e. The number of carboxylic acids is 1. The fourth-order valence-electron chi connectivity index (χ4n) is 5.26. The van der Waals surface area contributed by atoms with Crippen LogP contribution in [0.2, 0.25) is 0 Å². The summed E-state index contributed by atoms with van der Waals surface area (Å²) in [6.07, 6.45) is 4.25. The lowest BCUT2D eigenvalue weighted by Crippen LogP contribution is -2.55. The van der Waals surface area contributed by atoms with Crippen molar-refractivity contribution in [1.29, 1.82) is 0 Å². The Labute approximate surface area is 199 Å². The van der Waals surface area contributed by atoms with Crippen molar-refractivity contribution in [3.8, 4) is 11.1 Å². The predicted octanol–water partition coefficient (Wildman–Crippen LogP) is 4.60. The molecule has 1 saturated carbocycles. The summed E-state index contributed by atoms with van der Waals surface area (Å²) in [5.41, 5.74) is 4.03. The van der Waals surface area contributed by atoms with Crippen molar-refractivity contribution in [3.05, 3.63) is 59.7 Å². The summed E-state index contributed by atoms with van der Waals surface area (Å²) in [5, 5.41) is 14.8. The third-order valence-corrected chi connectivity index (χ3v) is 7.09. The van der Waals surface area contributed by atoms with Gasteiger partial charge in [-0.1, -0.05) is 67.8 Å². The molecule has 34 heavy (non-hydrogen) atoms. The summed E-state index contributed by atoms with van der Waals surface area (Å²) in [6, 6.07) is 15.4. The summed E-state index contributed by atoms with van der Waals surface area (Å²) in [6.45, 7) is 1.79. The first-order valence-electron chi connectivity index (χ1n) is 12.0. The summed E-state index contributed by atoms with van der Waals surface area (Å²) in [7, 11) is 0. The van der Waals surface area contributed by atoms with Crippen molar-refractivity contribution >= 4 is 18.0 Å². The SMILES string of the molecule is C[C@@H](NC(=O)OCC1c2ccccc2-c2ccccc21)C(=O)NC1(CCC(=O)O)CCCCC1. The Balaban J connectivity index is 1.34. The maximum Gasteiger partial charge on any atom is 0.407 e. The molecule has 7 heteroatoms. The Hall–Kier alpha value is -3.35. The van der Waals surface area contributed by atoms with Gasteiger partial charge in [-0.15, -0.1) is 0 Å². The van der Waals surface area contributed by atoms with Crippen molar-refractivity contribution in [3.63, 3.8) is 0 Å². The number of rotatable bonds is 8. The van der Waals surface area contributed by atoms with E-state index in [0.29, 0.717) is 6.42 Å². The van der Waals surface area contributed by atoms with E-state index in [4.69, 9.17) is 9.84 Å². The Morgan fingerprint density at radius 1 is 1.00 bits per heavy atom. The second-order valence-corrected chi connectivity index (χ2v) is 9.42. The molecule has 2 aromatic rings. The minimum atomic E-state index is -0.871. The highest BCUT2D eigenvalue weighted by atomic mass is 16.5. The fourth-order valence-corrected chi connectivity index (χ4v) is 5.26. The van der Waals surface area contributed by atoms with Gasteiger partial charge in [0.25, 0.3) is 0 Å². The first kappa shape index (κ1) is 23.8. The van der Waals surface area contributed by atoms with E-state index in [0.717, 1.165) is 54.4 Å². The van der Waals surface area contributed by atoms with Gasteiger partial charge in [0.1, 0.15) is 12.6 Å². The Morgan fingerprint density at radius 2 is 1.59 bits per heavy atom. The third kappa shape index (κ3) is 5.24. The highest BCUT2D eigenvalue weighted by molar-refractivity contribution is 5.86. The first-order chi connectivity index (χ1) is 16.4. The highest BCUT2D eigenvalue weighted by Crippen LogP contribution is 2.44. The molecule has 180 valence electrons. The number of carbonyl (C=O) groups is 3. The number of aliphatic carboxylic acids is 1. The maximum absolute atomic E-state index is 12.9. The zero-order valence-electron chi connectivity index (χ0n) is 19.5. The van der Waals surface area contributed by atoms with E-state index in [1.165, 1.54) is 0 Å². The molecule has 2 aromatic carbocycles. The van der Waals surface area contributed by atoms with Crippen LogP contribution in [0.3, 0.4) is 0 Å². The van der Waals surface area contributed by atoms with Crippen LogP contribution in [0.4, 0.5) is 4.79 Å². The second-order valence-electron chi connectivity index (χ2n) is 9.42. The lowest BCUT2D eigenvalue weighted by molar-refractivity contribution is -0.138. The molecule has 7 nitrogen and oxygen atoms in total. The van der Waals surface area contributed by atoms with Crippen molar-refractivity contribution < 1.29 is 24.2 Å². The van der Waals surface area contributed by atoms with Crippen LogP contribution in [0, 0.1) is 0 Å². The molecule has 2 aliphatic rings. The number of hydrogen-bond donors (Lipinski definition) is 3. The molecule has 0 bridgehead atoms. The van der Waals surface area contributed by atoms with Gasteiger partial charge in [0.15, 0.2) is 0 Å². The number of fused-ring (bicyclic) bond motifs is 3. The zero-order valence-corrected chi connectivity index (χ0v) is 19.5. The molecule has 0 saturated heterocycles. The third-order valence-electron chi connectivity index (χ3n) is 7.09. The Bertz CT molecular complexity index is 1010. The van der Waals surface area contributed by atoms with E-state index in [1.807, 2.05) is 24.3 Å². The van der Waals surface area contributed by atoms with Gasteiger partial charge in [0, 0.05) is 17.9 Å². The summed E-state index contributed by atoms with van der Waals surface area (Å²) < 4.78 is 5.55. The molecule has 0 heterocycles. The van der Waals surface area contributed by atoms with E-state index in [1.54, 1.807) is 6.92 Å². The monoisotopic (exact) mass is 464 g/mol. The number of carboxylic acid groups (broad SMARTS) is 1. The molecule has 0 aliphatic heterocycles. The van der Waals surface area contributed by atoms with Gasteiger partial charge in [-0.05, 0) is 48.4 Å². The topological polar surface area (TPSA) is 105 Å². The number of benzene rings is 2. The van der Waals surface area contributed by atoms with Gasteiger partial charge < -0.3 is 20.5 Å². The number of hydrogen-bond acceptors (Lipinski definition) is 4. The van der Waals surface area contributed by atoms with Gasteiger partial charge in [-0.3, -0.25) is 9.59 Å². The molecule has 3 N–H and O–H groups in total. The van der Waals surface area contributed by atoms with Crippen molar-refractivity contribution in [2.45, 2.75) is 69.4 Å². The molecule has 0 aromatic heterocycles. The van der Waals surface area contributed by atoms with Gasteiger partial charge in [0.2, 0.25) is 5.91 Å². The van der Waals surface area contributed by atoms with Gasteiger partial charge in [-0.2, -0.15) is 0 Å². The maximum atomic E-state index is 12.9. The molecule has 1 atom stereocenters. The first-order valence-corrected chi connectivity index (χ1v) is 12.0. The average molecular weight is 465 g/mol. The van der Waals surface area contributed by atoms with Crippen LogP contribution in [0.5, 0.6) is 0 Å². The lowest BCUT2D eigenvalue weighted by atomic mass is 9.78. The van der Waals surface area contributed by atoms with Crippen LogP contribution in [0.15, 0.2) is 48.5 Å². The van der Waals surface area contributed by atoms with E-state index in [-0.39, 0.29) is 24.9 Å². The number of alkyl carbamates (subject to hydrolysis) is 1. The van der Waals surface area contributed by atoms with E-state index in [2.05, 4.69) is 34.9 Å². The normalized spacial score (nSPS) is 17.2. The van der Waals surface area contributed by atoms with Crippen LogP contribution >= 0.6 is 0 Å². The van der Waals surface area contributed by atoms with Crippen LogP contribution < -0.4 is 10.6 Å². The predicted molar refractivity (Wildman–Crippen MR) is 128 cm³/mol. The van der Waals surface area contributed by atoms with Crippen LogP contribution in [-0.2, 0) is 14.3 Å². The molecular weight excluding hydrogens is 432 g/mol. The van der Waals surface area contributed by atoms with E-state index in [9.17, 15) is 14.4 Å². The van der Waals surface area contributed by atoms with Crippen LogP contribution in [0.25, 0.3) is 11.1 Å². The largest absolute Gasteiger partial charge is 0.481 e. The summed E-state index contributed by atoms with van der Waals surface area (Å²) >= 11 is 0. The molecule has 0 spiro atoms. The molecule has 0 radical (unpaired) electrons. The molecule has 4 rings (SSSR count). The van der Waals surface area contributed by atoms with Crippen molar-refractivity contribution in [2.24, 2.45) is 0 Å². The Morgan fingerprint density at radius 3 is 2.18 bits per heavy atom. The summed E-state index contributed by atoms with van der Waals surface area (Å²) in [4.78, 5) is 36.5.